The molecule has 9 nitrogen and oxygen atoms in total. The Kier molecular flexibility index (Phi) is 5.14. The maximum absolute atomic E-state index is 12.7. The van der Waals surface area contributed by atoms with Crippen molar-refractivity contribution < 1.29 is 18.0 Å². The van der Waals surface area contributed by atoms with Crippen LogP contribution in [0.5, 0.6) is 5.75 Å². The van der Waals surface area contributed by atoms with Gasteiger partial charge in [-0.05, 0) is 42.5 Å². The van der Waals surface area contributed by atoms with E-state index in [-0.39, 0.29) is 16.2 Å². The maximum Gasteiger partial charge on any atom is 0.294 e. The Bertz CT molecular complexity index is 1110. The Morgan fingerprint density at radius 1 is 1.21 bits per heavy atom. The van der Waals surface area contributed by atoms with E-state index < -0.39 is 21.7 Å². The second-order valence-corrected chi connectivity index (χ2v) is 7.85. The van der Waals surface area contributed by atoms with Crippen molar-refractivity contribution in [2.75, 3.05) is 6.26 Å². The first-order valence-electron chi connectivity index (χ1n) is 8.02. The fourth-order valence-electron chi connectivity index (χ4n) is 2.38. The van der Waals surface area contributed by atoms with Gasteiger partial charge >= 0.3 is 0 Å². The lowest BCUT2D eigenvalue weighted by molar-refractivity contribution is 0.0153. The SMILES string of the molecule is CS(=O)(=O)c1cccc(C(=O)N(Oc2ccc(-c3ncc[nH]3)cc2)C(=N)N)c1. The van der Waals surface area contributed by atoms with Gasteiger partial charge in [0.25, 0.3) is 5.91 Å². The number of rotatable bonds is 5. The van der Waals surface area contributed by atoms with Crippen LogP contribution in [-0.4, -0.2) is 41.6 Å². The standard InChI is InChI=1S/C18H17N5O4S/c1-28(25,26)15-4-2-3-13(11-15)17(24)23(18(19)20)27-14-7-5-12(6-8-14)16-21-9-10-22-16/h2-11H,1H3,(H3,19,20)(H,21,22). The second kappa shape index (κ2) is 7.53. The molecule has 10 heteroatoms. The van der Waals surface area contributed by atoms with Gasteiger partial charge in [0, 0.05) is 29.8 Å². The Balaban J connectivity index is 1.84. The first kappa shape index (κ1) is 19.1. The summed E-state index contributed by atoms with van der Waals surface area (Å²) in [6.07, 6.45) is 4.36. The molecule has 0 radical (unpaired) electrons. The van der Waals surface area contributed by atoms with Gasteiger partial charge in [0.15, 0.2) is 15.6 Å². The molecular formula is C18H17N5O4S. The van der Waals surface area contributed by atoms with E-state index in [0.717, 1.165) is 11.8 Å². The summed E-state index contributed by atoms with van der Waals surface area (Å²) in [5.41, 5.74) is 6.31. The van der Waals surface area contributed by atoms with Crippen molar-refractivity contribution >= 4 is 21.7 Å². The number of hydrogen-bond donors (Lipinski definition) is 3. The molecule has 0 aliphatic heterocycles. The van der Waals surface area contributed by atoms with Gasteiger partial charge in [-0.15, -0.1) is 5.06 Å². The fraction of sp³-hybridized carbons (Fsp3) is 0.0556. The van der Waals surface area contributed by atoms with Gasteiger partial charge in [0.2, 0.25) is 5.96 Å². The topological polar surface area (TPSA) is 142 Å². The van der Waals surface area contributed by atoms with Crippen LogP contribution in [-0.2, 0) is 9.84 Å². The lowest BCUT2D eigenvalue weighted by Gasteiger charge is -2.20. The van der Waals surface area contributed by atoms with E-state index in [1.165, 1.54) is 24.3 Å². The Morgan fingerprint density at radius 2 is 1.93 bits per heavy atom. The number of benzene rings is 2. The molecule has 0 bridgehead atoms. The van der Waals surface area contributed by atoms with E-state index in [1.54, 1.807) is 36.7 Å². The molecule has 28 heavy (non-hydrogen) atoms. The number of carbonyl (C=O) groups excluding carboxylic acids is 1. The average molecular weight is 399 g/mol. The number of hydroxylamine groups is 2. The molecule has 2 aromatic carbocycles. The van der Waals surface area contributed by atoms with Crippen molar-refractivity contribution in [1.29, 1.82) is 5.41 Å². The molecule has 0 unspecified atom stereocenters. The van der Waals surface area contributed by atoms with Crippen LogP contribution in [0.3, 0.4) is 0 Å². The number of aromatic nitrogens is 2. The molecule has 0 fully saturated rings. The van der Waals surface area contributed by atoms with E-state index in [4.69, 9.17) is 16.0 Å². The van der Waals surface area contributed by atoms with E-state index in [9.17, 15) is 13.2 Å². The average Bonchev–Trinajstić information content (AvgIpc) is 3.20. The number of hydrogen-bond acceptors (Lipinski definition) is 6. The molecular weight excluding hydrogens is 382 g/mol. The number of nitrogens with zero attached hydrogens (tertiary/aromatic N) is 2. The summed E-state index contributed by atoms with van der Waals surface area (Å²) < 4.78 is 23.4. The molecule has 0 aliphatic carbocycles. The van der Waals surface area contributed by atoms with Crippen LogP contribution in [0.1, 0.15) is 10.4 Å². The summed E-state index contributed by atoms with van der Waals surface area (Å²) in [6.45, 7) is 0. The third kappa shape index (κ3) is 4.18. The molecule has 1 aromatic heterocycles. The summed E-state index contributed by atoms with van der Waals surface area (Å²) in [5.74, 6) is -0.486. The normalized spacial score (nSPS) is 11.0. The highest BCUT2D eigenvalue weighted by molar-refractivity contribution is 7.90. The van der Waals surface area contributed by atoms with Crippen LogP contribution >= 0.6 is 0 Å². The van der Waals surface area contributed by atoms with Crippen LogP contribution in [0, 0.1) is 5.41 Å². The lowest BCUT2D eigenvalue weighted by Crippen LogP contribution is -2.43. The van der Waals surface area contributed by atoms with E-state index in [2.05, 4.69) is 9.97 Å². The molecule has 1 heterocycles. The molecule has 1 amide bonds. The lowest BCUT2D eigenvalue weighted by atomic mass is 10.2. The van der Waals surface area contributed by atoms with Gasteiger partial charge in [0.1, 0.15) is 5.82 Å². The predicted octanol–water partition coefficient (Wildman–Crippen LogP) is 1.81. The molecule has 3 rings (SSSR count). The molecule has 0 saturated heterocycles. The number of amides is 1. The monoisotopic (exact) mass is 399 g/mol. The number of nitrogens with two attached hydrogens (primary N) is 1. The van der Waals surface area contributed by atoms with Gasteiger partial charge in [-0.2, -0.15) is 0 Å². The van der Waals surface area contributed by atoms with Crippen molar-refractivity contribution in [1.82, 2.24) is 15.0 Å². The number of nitrogens with one attached hydrogen (secondary N) is 2. The first-order valence-corrected chi connectivity index (χ1v) is 9.91. The van der Waals surface area contributed by atoms with Gasteiger partial charge in [-0.1, -0.05) is 6.07 Å². The van der Waals surface area contributed by atoms with Gasteiger partial charge < -0.3 is 15.6 Å². The highest BCUT2D eigenvalue weighted by atomic mass is 32.2. The quantitative estimate of drug-likeness (QED) is 0.339. The Labute approximate surface area is 161 Å². The maximum atomic E-state index is 12.7. The minimum Gasteiger partial charge on any atom is -0.369 e. The van der Waals surface area contributed by atoms with Crippen molar-refractivity contribution in [3.8, 4) is 17.1 Å². The molecule has 0 spiro atoms. The van der Waals surface area contributed by atoms with Crippen molar-refractivity contribution in [3.63, 3.8) is 0 Å². The third-order valence-corrected chi connectivity index (χ3v) is 4.85. The predicted molar refractivity (Wildman–Crippen MR) is 102 cm³/mol. The van der Waals surface area contributed by atoms with E-state index in [1.807, 2.05) is 0 Å². The van der Waals surface area contributed by atoms with Crippen molar-refractivity contribution in [2.24, 2.45) is 5.73 Å². The zero-order valence-corrected chi connectivity index (χ0v) is 15.6. The zero-order chi connectivity index (χ0) is 20.3. The van der Waals surface area contributed by atoms with Gasteiger partial charge in [0.05, 0.1) is 4.90 Å². The largest absolute Gasteiger partial charge is 0.369 e. The number of imidazole rings is 1. The van der Waals surface area contributed by atoms with Crippen molar-refractivity contribution in [2.45, 2.75) is 4.90 Å². The first-order chi connectivity index (χ1) is 13.3. The third-order valence-electron chi connectivity index (χ3n) is 3.74. The van der Waals surface area contributed by atoms with Gasteiger partial charge in [-0.25, -0.2) is 13.4 Å². The fourth-order valence-corrected chi connectivity index (χ4v) is 3.05. The van der Waals surface area contributed by atoms with Crippen LogP contribution in [0.2, 0.25) is 0 Å². The van der Waals surface area contributed by atoms with Crippen molar-refractivity contribution in [3.05, 3.63) is 66.5 Å². The smallest absolute Gasteiger partial charge is 0.294 e. The summed E-state index contributed by atoms with van der Waals surface area (Å²) in [4.78, 5) is 25.2. The molecule has 4 N–H and O–H groups in total. The van der Waals surface area contributed by atoms with Crippen LogP contribution in [0.15, 0.2) is 65.8 Å². The highest BCUT2D eigenvalue weighted by Gasteiger charge is 2.22. The minimum atomic E-state index is -3.50. The van der Waals surface area contributed by atoms with E-state index >= 15 is 0 Å². The minimum absolute atomic E-state index is 0.0188. The molecule has 144 valence electrons. The summed E-state index contributed by atoms with van der Waals surface area (Å²) >= 11 is 0. The van der Waals surface area contributed by atoms with Crippen LogP contribution in [0.25, 0.3) is 11.4 Å². The van der Waals surface area contributed by atoms with Gasteiger partial charge in [-0.3, -0.25) is 10.2 Å². The summed E-state index contributed by atoms with van der Waals surface area (Å²) in [6, 6.07) is 12.1. The summed E-state index contributed by atoms with van der Waals surface area (Å²) in [5, 5.41) is 8.22. The Hall–Kier alpha value is -3.66. The number of carbonyl (C=O) groups is 1. The molecule has 3 aromatic rings. The molecule has 0 saturated carbocycles. The number of H-pyrrole nitrogens is 1. The number of sulfone groups is 1. The molecule has 0 atom stereocenters. The number of guanidine groups is 1. The molecule has 0 aliphatic rings. The van der Waals surface area contributed by atoms with Crippen LogP contribution in [0.4, 0.5) is 0 Å². The second-order valence-electron chi connectivity index (χ2n) is 5.84. The van der Waals surface area contributed by atoms with Crippen LogP contribution < -0.4 is 10.6 Å². The number of aromatic amines is 1. The Morgan fingerprint density at radius 3 is 2.50 bits per heavy atom. The van der Waals surface area contributed by atoms with E-state index in [0.29, 0.717) is 10.9 Å². The highest BCUT2D eigenvalue weighted by Crippen LogP contribution is 2.21. The zero-order valence-electron chi connectivity index (χ0n) is 14.8. The summed E-state index contributed by atoms with van der Waals surface area (Å²) in [7, 11) is -3.50.